The topological polar surface area (TPSA) is 63.8 Å². The van der Waals surface area contributed by atoms with Crippen molar-refractivity contribution in [1.82, 2.24) is 9.97 Å². The second-order valence-electron chi connectivity index (χ2n) is 3.81. The minimum atomic E-state index is -0.256. The van der Waals surface area contributed by atoms with Gasteiger partial charge in [-0.1, -0.05) is 6.07 Å². The van der Waals surface area contributed by atoms with Gasteiger partial charge in [-0.25, -0.2) is 14.4 Å². The molecule has 0 spiro atoms. The predicted octanol–water partition coefficient (Wildman–Crippen LogP) is 2.56. The maximum atomic E-state index is 13.3. The molecule has 0 aliphatic carbocycles. The van der Waals surface area contributed by atoms with Crippen molar-refractivity contribution in [2.45, 2.75) is 13.8 Å². The predicted molar refractivity (Wildman–Crippen MR) is 65.6 cm³/mol. The molecule has 0 atom stereocenters. The second kappa shape index (κ2) is 4.37. The van der Waals surface area contributed by atoms with Gasteiger partial charge in [-0.3, -0.25) is 0 Å². The van der Waals surface area contributed by atoms with Crippen LogP contribution in [0.4, 0.5) is 21.7 Å². The van der Waals surface area contributed by atoms with Crippen molar-refractivity contribution in [2.75, 3.05) is 11.1 Å². The van der Waals surface area contributed by atoms with Gasteiger partial charge in [0, 0.05) is 11.8 Å². The van der Waals surface area contributed by atoms with E-state index in [2.05, 4.69) is 15.3 Å². The first-order chi connectivity index (χ1) is 8.04. The van der Waals surface area contributed by atoms with Crippen LogP contribution in [0.25, 0.3) is 0 Å². The summed E-state index contributed by atoms with van der Waals surface area (Å²) in [5.74, 6) is 1.25. The zero-order valence-electron chi connectivity index (χ0n) is 9.66. The van der Waals surface area contributed by atoms with Crippen LogP contribution in [0.15, 0.2) is 24.3 Å². The van der Waals surface area contributed by atoms with Gasteiger partial charge < -0.3 is 11.1 Å². The molecule has 5 heteroatoms. The van der Waals surface area contributed by atoms with Crippen LogP contribution in [0.2, 0.25) is 0 Å². The summed E-state index contributed by atoms with van der Waals surface area (Å²) in [6.07, 6.45) is 0. The summed E-state index contributed by atoms with van der Waals surface area (Å²) >= 11 is 0. The van der Waals surface area contributed by atoms with Gasteiger partial charge in [0.1, 0.15) is 23.3 Å². The first kappa shape index (κ1) is 11.3. The molecular formula is C12H13FN4. The number of benzene rings is 1. The van der Waals surface area contributed by atoms with E-state index < -0.39 is 0 Å². The fraction of sp³-hybridized carbons (Fsp3) is 0.167. The van der Waals surface area contributed by atoms with E-state index in [4.69, 9.17) is 5.73 Å². The van der Waals surface area contributed by atoms with Gasteiger partial charge in [-0.05, 0) is 31.5 Å². The molecule has 0 saturated carbocycles. The third-order valence-corrected chi connectivity index (χ3v) is 2.30. The average Bonchev–Trinajstić information content (AvgIpc) is 2.22. The molecule has 0 radical (unpaired) electrons. The fourth-order valence-electron chi connectivity index (χ4n) is 1.47. The summed E-state index contributed by atoms with van der Waals surface area (Å²) in [7, 11) is 0. The second-order valence-corrected chi connectivity index (χ2v) is 3.81. The molecule has 4 nitrogen and oxygen atoms in total. The SMILES string of the molecule is Cc1nc(N)cc(Nc2ccc(C)c(F)c2)n1. The van der Waals surface area contributed by atoms with Crippen molar-refractivity contribution in [3.63, 3.8) is 0 Å². The first-order valence-electron chi connectivity index (χ1n) is 5.19. The number of nitrogens with zero attached hydrogens (tertiary/aromatic N) is 2. The number of halogens is 1. The summed E-state index contributed by atoms with van der Waals surface area (Å²) in [6, 6.07) is 6.51. The highest BCUT2D eigenvalue weighted by atomic mass is 19.1. The Labute approximate surface area is 98.7 Å². The average molecular weight is 232 g/mol. The van der Waals surface area contributed by atoms with E-state index in [0.717, 1.165) is 0 Å². The number of nitrogens with two attached hydrogens (primary N) is 1. The Kier molecular flexibility index (Phi) is 2.91. The molecule has 1 aromatic heterocycles. The van der Waals surface area contributed by atoms with Gasteiger partial charge in [-0.2, -0.15) is 0 Å². The lowest BCUT2D eigenvalue weighted by molar-refractivity contribution is 0.619. The highest BCUT2D eigenvalue weighted by molar-refractivity contribution is 5.58. The highest BCUT2D eigenvalue weighted by Crippen LogP contribution is 2.18. The van der Waals surface area contributed by atoms with Crippen molar-refractivity contribution in [3.8, 4) is 0 Å². The van der Waals surface area contributed by atoms with E-state index in [-0.39, 0.29) is 5.82 Å². The van der Waals surface area contributed by atoms with Crippen LogP contribution in [-0.4, -0.2) is 9.97 Å². The Hall–Kier alpha value is -2.17. The first-order valence-corrected chi connectivity index (χ1v) is 5.19. The summed E-state index contributed by atoms with van der Waals surface area (Å²) in [6.45, 7) is 3.46. The van der Waals surface area contributed by atoms with Gasteiger partial charge in [0.25, 0.3) is 0 Å². The highest BCUT2D eigenvalue weighted by Gasteiger charge is 2.02. The molecule has 1 heterocycles. The van der Waals surface area contributed by atoms with Crippen molar-refractivity contribution in [2.24, 2.45) is 0 Å². The Morgan fingerprint density at radius 2 is 1.94 bits per heavy atom. The van der Waals surface area contributed by atoms with Crippen LogP contribution in [0.5, 0.6) is 0 Å². The Morgan fingerprint density at radius 1 is 1.18 bits per heavy atom. The number of hydrogen-bond donors (Lipinski definition) is 2. The molecule has 0 saturated heterocycles. The maximum Gasteiger partial charge on any atom is 0.136 e. The molecule has 2 rings (SSSR count). The number of nitrogens with one attached hydrogen (secondary N) is 1. The van der Waals surface area contributed by atoms with Crippen molar-refractivity contribution in [3.05, 3.63) is 41.5 Å². The molecular weight excluding hydrogens is 219 g/mol. The maximum absolute atomic E-state index is 13.3. The molecule has 2 aromatic rings. The van der Waals surface area contributed by atoms with E-state index in [1.165, 1.54) is 6.07 Å². The summed E-state index contributed by atoms with van der Waals surface area (Å²) < 4.78 is 13.3. The van der Waals surface area contributed by atoms with Crippen molar-refractivity contribution < 1.29 is 4.39 Å². The number of hydrogen-bond acceptors (Lipinski definition) is 4. The van der Waals surface area contributed by atoms with E-state index in [1.807, 2.05) is 0 Å². The third kappa shape index (κ3) is 2.69. The van der Waals surface area contributed by atoms with Crippen LogP contribution in [0.3, 0.4) is 0 Å². The standard InChI is InChI=1S/C12H13FN4/c1-7-3-4-9(5-10(7)13)17-12-6-11(14)15-8(2)16-12/h3-6H,1-2H3,(H3,14,15,16,17). The summed E-state index contributed by atoms with van der Waals surface area (Å²) in [4.78, 5) is 8.12. The minimum Gasteiger partial charge on any atom is -0.384 e. The zero-order valence-corrected chi connectivity index (χ0v) is 9.66. The molecule has 17 heavy (non-hydrogen) atoms. The normalized spacial score (nSPS) is 10.3. The van der Waals surface area contributed by atoms with Crippen LogP contribution in [0.1, 0.15) is 11.4 Å². The summed E-state index contributed by atoms with van der Waals surface area (Å²) in [5, 5.41) is 2.98. The molecule has 0 bridgehead atoms. The molecule has 1 aromatic carbocycles. The number of aryl methyl sites for hydroxylation is 2. The smallest absolute Gasteiger partial charge is 0.136 e. The largest absolute Gasteiger partial charge is 0.384 e. The zero-order chi connectivity index (χ0) is 12.4. The summed E-state index contributed by atoms with van der Waals surface area (Å²) in [5.41, 5.74) is 6.84. The van der Waals surface area contributed by atoms with E-state index in [9.17, 15) is 4.39 Å². The lowest BCUT2D eigenvalue weighted by Gasteiger charge is -2.07. The molecule has 0 unspecified atom stereocenters. The number of anilines is 3. The Bertz CT molecular complexity index is 534. The lowest BCUT2D eigenvalue weighted by Crippen LogP contribution is -2.01. The molecule has 0 aliphatic rings. The Balaban J connectivity index is 2.28. The van der Waals surface area contributed by atoms with E-state index in [1.54, 1.807) is 32.0 Å². The van der Waals surface area contributed by atoms with Crippen LogP contribution < -0.4 is 11.1 Å². The molecule has 0 aliphatic heterocycles. The third-order valence-electron chi connectivity index (χ3n) is 2.30. The van der Waals surface area contributed by atoms with Gasteiger partial charge in [0.15, 0.2) is 0 Å². The molecule has 0 amide bonds. The number of aromatic nitrogens is 2. The van der Waals surface area contributed by atoms with Gasteiger partial charge in [-0.15, -0.1) is 0 Å². The molecule has 88 valence electrons. The lowest BCUT2D eigenvalue weighted by atomic mass is 10.2. The van der Waals surface area contributed by atoms with Crippen LogP contribution in [-0.2, 0) is 0 Å². The number of nitrogen functional groups attached to an aromatic ring is 1. The molecule has 3 N–H and O–H groups in total. The van der Waals surface area contributed by atoms with E-state index >= 15 is 0 Å². The van der Waals surface area contributed by atoms with E-state index in [0.29, 0.717) is 28.7 Å². The van der Waals surface area contributed by atoms with Crippen LogP contribution >= 0.6 is 0 Å². The van der Waals surface area contributed by atoms with Crippen LogP contribution in [0, 0.1) is 19.7 Å². The quantitative estimate of drug-likeness (QED) is 0.835. The van der Waals surface area contributed by atoms with Gasteiger partial charge in [0.2, 0.25) is 0 Å². The molecule has 0 fully saturated rings. The van der Waals surface area contributed by atoms with Gasteiger partial charge in [0.05, 0.1) is 0 Å². The van der Waals surface area contributed by atoms with Crippen molar-refractivity contribution in [1.29, 1.82) is 0 Å². The fourth-order valence-corrected chi connectivity index (χ4v) is 1.47. The monoisotopic (exact) mass is 232 g/mol. The number of rotatable bonds is 2. The Morgan fingerprint density at radius 3 is 2.59 bits per heavy atom. The van der Waals surface area contributed by atoms with Crippen molar-refractivity contribution >= 4 is 17.3 Å². The minimum absolute atomic E-state index is 0.256. The van der Waals surface area contributed by atoms with Gasteiger partial charge >= 0.3 is 0 Å².